The van der Waals surface area contributed by atoms with Gasteiger partial charge in [0, 0.05) is 18.1 Å². The van der Waals surface area contributed by atoms with Crippen molar-refractivity contribution >= 4 is 11.6 Å². The van der Waals surface area contributed by atoms with Crippen LogP contribution in [0.4, 0.5) is 0 Å². The van der Waals surface area contributed by atoms with Crippen molar-refractivity contribution in [3.63, 3.8) is 0 Å². The molecular weight excluding hydrogens is 278 g/mol. The maximum absolute atomic E-state index is 5.93. The molecule has 0 saturated heterocycles. The summed E-state index contributed by atoms with van der Waals surface area (Å²) in [6, 6.07) is 8.24. The molecule has 3 aliphatic rings. The molecule has 0 radical (unpaired) electrons. The van der Waals surface area contributed by atoms with Crippen LogP contribution in [-0.2, 0) is 6.42 Å². The van der Waals surface area contributed by atoms with E-state index in [0.29, 0.717) is 5.41 Å². The predicted molar refractivity (Wildman–Crippen MR) is 90.7 cm³/mol. The molecule has 0 heterocycles. The van der Waals surface area contributed by atoms with Crippen molar-refractivity contribution in [2.45, 2.75) is 33.1 Å². The summed E-state index contributed by atoms with van der Waals surface area (Å²) in [5.41, 5.74) is 3.59. The van der Waals surface area contributed by atoms with E-state index in [1.165, 1.54) is 18.4 Å². The van der Waals surface area contributed by atoms with Gasteiger partial charge >= 0.3 is 0 Å². The minimum Gasteiger partial charge on any atom is -0.302 e. The minimum absolute atomic E-state index is 0.543. The van der Waals surface area contributed by atoms with Gasteiger partial charge < -0.3 is 4.90 Å². The Morgan fingerprint density at radius 3 is 2.57 bits per heavy atom. The molecule has 2 heteroatoms. The predicted octanol–water partition coefficient (Wildman–Crippen LogP) is 4.81. The molecule has 0 unspecified atom stereocenters. The first kappa shape index (κ1) is 15.1. The zero-order valence-corrected chi connectivity index (χ0v) is 14.2. The maximum Gasteiger partial charge on any atom is 0.0406 e. The van der Waals surface area contributed by atoms with Gasteiger partial charge in [-0.1, -0.05) is 49.2 Å². The Labute approximate surface area is 134 Å². The second kappa shape index (κ2) is 5.78. The highest BCUT2D eigenvalue weighted by molar-refractivity contribution is 6.30. The van der Waals surface area contributed by atoms with Crippen molar-refractivity contribution < 1.29 is 0 Å². The van der Waals surface area contributed by atoms with Crippen molar-refractivity contribution in [2.24, 2.45) is 17.3 Å². The normalized spacial score (nSPS) is 26.4. The largest absolute Gasteiger partial charge is 0.302 e. The maximum atomic E-state index is 5.93. The fraction of sp³-hybridized carbons (Fsp3) is 0.579. The molecule has 1 fully saturated rings. The van der Waals surface area contributed by atoms with Crippen LogP contribution < -0.4 is 0 Å². The molecular formula is C19H26ClN. The van der Waals surface area contributed by atoms with E-state index in [4.69, 9.17) is 11.6 Å². The van der Waals surface area contributed by atoms with Crippen LogP contribution in [0.5, 0.6) is 0 Å². The van der Waals surface area contributed by atoms with Gasteiger partial charge in [0.15, 0.2) is 0 Å². The van der Waals surface area contributed by atoms with Crippen LogP contribution in [0.3, 0.4) is 0 Å². The van der Waals surface area contributed by atoms with Gasteiger partial charge in [0.05, 0.1) is 0 Å². The molecule has 0 spiro atoms. The quantitative estimate of drug-likeness (QED) is 0.706. The SMILES string of the molecule is CN(CCc1ccc(Cl)cc1)CC1=CC[C@H]2C[C@@H]1C2(C)C. The Bertz CT molecular complexity index is 529. The standard InChI is InChI=1S/C19H26ClN/c1-19(2)16-7-6-15(18(19)12-16)13-21(3)11-10-14-4-8-17(20)9-5-14/h4-6,8-9,16,18H,7,10-13H2,1-3H3/t16-,18-/m0/s1. The molecule has 0 aromatic heterocycles. The minimum atomic E-state index is 0.543. The summed E-state index contributed by atoms with van der Waals surface area (Å²) < 4.78 is 0. The Morgan fingerprint density at radius 2 is 1.95 bits per heavy atom. The van der Waals surface area contributed by atoms with E-state index < -0.39 is 0 Å². The van der Waals surface area contributed by atoms with E-state index in [0.717, 1.165) is 36.4 Å². The average molecular weight is 304 g/mol. The third-order valence-corrected chi connectivity index (χ3v) is 5.98. The summed E-state index contributed by atoms with van der Waals surface area (Å²) in [6.07, 6.45) is 6.33. The van der Waals surface area contributed by atoms with E-state index in [1.807, 2.05) is 12.1 Å². The molecule has 1 saturated carbocycles. The van der Waals surface area contributed by atoms with Crippen molar-refractivity contribution in [1.82, 2.24) is 4.90 Å². The molecule has 1 nitrogen and oxygen atoms in total. The Hall–Kier alpha value is -0.790. The monoisotopic (exact) mass is 303 g/mol. The summed E-state index contributed by atoms with van der Waals surface area (Å²) in [4.78, 5) is 2.47. The van der Waals surface area contributed by atoms with Gasteiger partial charge in [-0.05, 0) is 61.3 Å². The second-order valence-electron chi connectivity index (χ2n) is 7.44. The van der Waals surface area contributed by atoms with Crippen molar-refractivity contribution in [1.29, 1.82) is 0 Å². The highest BCUT2D eigenvalue weighted by atomic mass is 35.5. The van der Waals surface area contributed by atoms with Crippen molar-refractivity contribution in [2.75, 3.05) is 20.1 Å². The van der Waals surface area contributed by atoms with Crippen LogP contribution in [0.1, 0.15) is 32.3 Å². The smallest absolute Gasteiger partial charge is 0.0406 e. The lowest BCUT2D eigenvalue weighted by Gasteiger charge is -2.57. The molecule has 114 valence electrons. The molecule has 3 aliphatic carbocycles. The van der Waals surface area contributed by atoms with Crippen LogP contribution in [0.25, 0.3) is 0 Å². The number of likely N-dealkylation sites (N-methyl/N-ethyl adjacent to an activating group) is 1. The van der Waals surface area contributed by atoms with Gasteiger partial charge in [0.2, 0.25) is 0 Å². The number of allylic oxidation sites excluding steroid dienone is 1. The van der Waals surface area contributed by atoms with Crippen LogP contribution in [0.2, 0.25) is 5.02 Å². The molecule has 21 heavy (non-hydrogen) atoms. The zero-order chi connectivity index (χ0) is 15.0. The first-order valence-electron chi connectivity index (χ1n) is 8.08. The van der Waals surface area contributed by atoms with Gasteiger partial charge in [-0.15, -0.1) is 0 Å². The van der Waals surface area contributed by atoms with E-state index in [1.54, 1.807) is 5.57 Å². The molecule has 0 amide bonds. The summed E-state index contributed by atoms with van der Waals surface area (Å²) in [7, 11) is 2.24. The number of rotatable bonds is 5. The number of hydrogen-bond acceptors (Lipinski definition) is 1. The second-order valence-corrected chi connectivity index (χ2v) is 7.87. The molecule has 1 aromatic carbocycles. The van der Waals surface area contributed by atoms with Crippen LogP contribution >= 0.6 is 11.6 Å². The summed E-state index contributed by atoms with van der Waals surface area (Å²) in [5, 5.41) is 0.821. The lowest BCUT2D eigenvalue weighted by atomic mass is 9.49. The van der Waals surface area contributed by atoms with Crippen LogP contribution in [0.15, 0.2) is 35.9 Å². The van der Waals surface area contributed by atoms with E-state index in [2.05, 4.69) is 44.0 Å². The molecule has 1 aromatic rings. The van der Waals surface area contributed by atoms with E-state index in [9.17, 15) is 0 Å². The van der Waals surface area contributed by atoms with E-state index >= 15 is 0 Å². The van der Waals surface area contributed by atoms with Gasteiger partial charge in [-0.2, -0.15) is 0 Å². The number of fused-ring (bicyclic) bond motifs is 1. The van der Waals surface area contributed by atoms with E-state index in [-0.39, 0.29) is 0 Å². The number of benzene rings is 1. The Balaban J connectivity index is 1.52. The lowest BCUT2D eigenvalue weighted by molar-refractivity contribution is -0.00994. The molecule has 2 bridgehead atoms. The molecule has 4 rings (SSSR count). The Morgan fingerprint density at radius 1 is 1.24 bits per heavy atom. The number of nitrogens with zero attached hydrogens (tertiary/aromatic N) is 1. The highest BCUT2D eigenvalue weighted by Gasteiger charge is 2.50. The van der Waals surface area contributed by atoms with Crippen molar-refractivity contribution in [3.05, 3.63) is 46.5 Å². The van der Waals surface area contributed by atoms with Gasteiger partial charge in [0.1, 0.15) is 0 Å². The average Bonchev–Trinajstić information content (AvgIpc) is 2.46. The van der Waals surface area contributed by atoms with Crippen molar-refractivity contribution in [3.8, 4) is 0 Å². The Kier molecular flexibility index (Phi) is 4.16. The van der Waals surface area contributed by atoms with Crippen LogP contribution in [-0.4, -0.2) is 25.0 Å². The molecule has 0 N–H and O–H groups in total. The lowest BCUT2D eigenvalue weighted by Crippen LogP contribution is -2.49. The van der Waals surface area contributed by atoms with Crippen LogP contribution in [0, 0.1) is 17.3 Å². The first-order valence-corrected chi connectivity index (χ1v) is 8.46. The fourth-order valence-electron chi connectivity index (χ4n) is 4.02. The third kappa shape index (κ3) is 3.05. The summed E-state index contributed by atoms with van der Waals surface area (Å²) in [5.74, 6) is 1.76. The number of hydrogen-bond donors (Lipinski definition) is 0. The molecule has 0 aliphatic heterocycles. The third-order valence-electron chi connectivity index (χ3n) is 5.73. The molecule has 2 atom stereocenters. The zero-order valence-electron chi connectivity index (χ0n) is 13.4. The van der Waals surface area contributed by atoms with Gasteiger partial charge in [-0.25, -0.2) is 0 Å². The summed E-state index contributed by atoms with van der Waals surface area (Å²) >= 11 is 5.93. The first-order chi connectivity index (χ1) is 9.96. The fourth-order valence-corrected chi connectivity index (χ4v) is 4.14. The number of halogens is 1. The topological polar surface area (TPSA) is 3.24 Å². The summed E-state index contributed by atoms with van der Waals surface area (Å²) in [6.45, 7) is 7.14. The highest BCUT2D eigenvalue weighted by Crippen LogP contribution is 2.59. The van der Waals surface area contributed by atoms with Gasteiger partial charge in [0.25, 0.3) is 0 Å². The van der Waals surface area contributed by atoms with Gasteiger partial charge in [-0.3, -0.25) is 0 Å².